The maximum atomic E-state index is 13.3. The van der Waals surface area contributed by atoms with Crippen LogP contribution in [0.15, 0.2) is 58.9 Å². The second kappa shape index (κ2) is 7.44. The third kappa shape index (κ3) is 3.55. The average molecular weight is 383 g/mol. The number of hydrogen-bond acceptors (Lipinski definition) is 4. The van der Waals surface area contributed by atoms with E-state index in [1.807, 2.05) is 5.38 Å². The highest BCUT2D eigenvalue weighted by Crippen LogP contribution is 2.34. The van der Waals surface area contributed by atoms with Crippen LogP contribution >= 0.6 is 11.3 Å². The first-order valence-electron chi connectivity index (χ1n) is 8.87. The molecule has 0 N–H and O–H groups in total. The number of para-hydroxylation sites is 2. The molecule has 1 heterocycles. The van der Waals surface area contributed by atoms with Crippen LogP contribution in [0.4, 0.5) is 15.8 Å². The summed E-state index contributed by atoms with van der Waals surface area (Å²) in [6.07, 6.45) is 4.41. The fourth-order valence-corrected chi connectivity index (χ4v) is 4.54. The van der Waals surface area contributed by atoms with Gasteiger partial charge in [-0.1, -0.05) is 25.0 Å². The first kappa shape index (κ1) is 17.6. The zero-order chi connectivity index (χ0) is 18.8. The van der Waals surface area contributed by atoms with Crippen LogP contribution in [-0.2, 0) is 0 Å². The van der Waals surface area contributed by atoms with Crippen molar-refractivity contribution >= 4 is 22.7 Å². The van der Waals surface area contributed by atoms with Crippen LogP contribution in [0.25, 0.3) is 11.3 Å². The molecule has 0 saturated heterocycles. The Morgan fingerprint density at radius 3 is 2.52 bits per heavy atom. The highest BCUT2D eigenvalue weighted by molar-refractivity contribution is 7.07. The van der Waals surface area contributed by atoms with Gasteiger partial charge in [0.1, 0.15) is 11.5 Å². The maximum absolute atomic E-state index is 13.3. The summed E-state index contributed by atoms with van der Waals surface area (Å²) in [6, 6.07) is 13.2. The van der Waals surface area contributed by atoms with Gasteiger partial charge in [-0.2, -0.15) is 0 Å². The number of rotatable bonds is 4. The van der Waals surface area contributed by atoms with Crippen molar-refractivity contribution in [3.63, 3.8) is 0 Å². The molecule has 7 heteroatoms. The number of nitrogens with zero attached hydrogens (tertiary/aromatic N) is 3. The monoisotopic (exact) mass is 383 g/mol. The fraction of sp³-hybridized carbons (Fsp3) is 0.250. The predicted molar refractivity (Wildman–Crippen MR) is 104 cm³/mol. The van der Waals surface area contributed by atoms with E-state index in [-0.39, 0.29) is 11.5 Å². The maximum Gasteiger partial charge on any atom is 0.294 e. The largest absolute Gasteiger partial charge is 0.313 e. The quantitative estimate of drug-likeness (QED) is 0.434. The van der Waals surface area contributed by atoms with E-state index in [4.69, 9.17) is 0 Å². The standard InChI is InChI=1S/C20H18FN3O2S/c21-15-11-9-14(10-12-15)19-13-27-20(23(19)16-5-1-2-6-16)22-17-7-3-4-8-18(17)24(25)26/h3-4,7-13,16H,1-2,5-6H2. The molecule has 1 saturated carbocycles. The molecular formula is C20H18FN3O2S. The van der Waals surface area contributed by atoms with E-state index in [0.29, 0.717) is 11.7 Å². The smallest absolute Gasteiger partial charge is 0.294 e. The molecule has 0 amide bonds. The highest BCUT2D eigenvalue weighted by atomic mass is 32.1. The number of halogens is 1. The molecule has 5 nitrogen and oxygen atoms in total. The van der Waals surface area contributed by atoms with Crippen LogP contribution in [0.1, 0.15) is 31.7 Å². The van der Waals surface area contributed by atoms with Gasteiger partial charge in [-0.25, -0.2) is 9.38 Å². The van der Waals surface area contributed by atoms with Crippen LogP contribution < -0.4 is 4.80 Å². The van der Waals surface area contributed by atoms with Crippen molar-refractivity contribution in [1.82, 2.24) is 4.57 Å². The molecule has 0 spiro atoms. The predicted octanol–water partition coefficient (Wildman–Crippen LogP) is 5.61. The van der Waals surface area contributed by atoms with Crippen molar-refractivity contribution in [2.75, 3.05) is 0 Å². The Morgan fingerprint density at radius 1 is 1.11 bits per heavy atom. The number of benzene rings is 2. The summed E-state index contributed by atoms with van der Waals surface area (Å²) >= 11 is 1.46. The van der Waals surface area contributed by atoms with E-state index in [1.165, 1.54) is 29.5 Å². The minimum atomic E-state index is -0.409. The highest BCUT2D eigenvalue weighted by Gasteiger charge is 2.22. The third-order valence-corrected chi connectivity index (χ3v) is 5.71. The Balaban J connectivity index is 1.89. The molecule has 1 aliphatic rings. The Labute approximate surface area is 159 Å². The van der Waals surface area contributed by atoms with E-state index in [0.717, 1.165) is 41.7 Å². The first-order chi connectivity index (χ1) is 13.1. The van der Waals surface area contributed by atoms with E-state index < -0.39 is 4.92 Å². The molecule has 0 aliphatic heterocycles. The molecule has 4 rings (SSSR count). The molecule has 1 fully saturated rings. The fourth-order valence-electron chi connectivity index (χ4n) is 3.56. The molecule has 138 valence electrons. The van der Waals surface area contributed by atoms with Gasteiger partial charge in [-0.3, -0.25) is 10.1 Å². The molecular weight excluding hydrogens is 365 g/mol. The minimum Gasteiger partial charge on any atom is -0.313 e. The Morgan fingerprint density at radius 2 is 1.81 bits per heavy atom. The lowest BCUT2D eigenvalue weighted by Gasteiger charge is -2.16. The zero-order valence-electron chi connectivity index (χ0n) is 14.5. The molecule has 27 heavy (non-hydrogen) atoms. The van der Waals surface area contributed by atoms with Crippen LogP contribution in [0.5, 0.6) is 0 Å². The van der Waals surface area contributed by atoms with Crippen LogP contribution in [-0.4, -0.2) is 9.49 Å². The lowest BCUT2D eigenvalue weighted by molar-refractivity contribution is -0.384. The summed E-state index contributed by atoms with van der Waals surface area (Å²) in [7, 11) is 0. The summed E-state index contributed by atoms with van der Waals surface area (Å²) in [5, 5.41) is 13.3. The summed E-state index contributed by atoms with van der Waals surface area (Å²) in [5.74, 6) is -0.272. The first-order valence-corrected chi connectivity index (χ1v) is 9.75. The van der Waals surface area contributed by atoms with E-state index in [9.17, 15) is 14.5 Å². The van der Waals surface area contributed by atoms with Gasteiger partial charge in [0.15, 0.2) is 4.80 Å². The van der Waals surface area contributed by atoms with Crippen molar-refractivity contribution < 1.29 is 9.31 Å². The summed E-state index contributed by atoms with van der Waals surface area (Å²) in [5.41, 5.74) is 2.24. The molecule has 3 aromatic rings. The van der Waals surface area contributed by atoms with Crippen molar-refractivity contribution in [2.24, 2.45) is 4.99 Å². The van der Waals surface area contributed by atoms with Crippen molar-refractivity contribution in [1.29, 1.82) is 0 Å². The normalized spacial score (nSPS) is 15.4. The molecule has 0 radical (unpaired) electrons. The van der Waals surface area contributed by atoms with E-state index in [1.54, 1.807) is 30.3 Å². The number of nitro groups is 1. The Bertz CT molecular complexity index is 1030. The van der Waals surface area contributed by atoms with E-state index in [2.05, 4.69) is 9.56 Å². The molecule has 0 atom stereocenters. The van der Waals surface area contributed by atoms with Gasteiger partial charge < -0.3 is 4.57 Å². The number of aromatic nitrogens is 1. The molecule has 0 bridgehead atoms. The second-order valence-electron chi connectivity index (χ2n) is 6.58. The summed E-state index contributed by atoms with van der Waals surface area (Å²) in [4.78, 5) is 16.3. The van der Waals surface area contributed by atoms with Crippen molar-refractivity contribution in [2.45, 2.75) is 31.7 Å². The van der Waals surface area contributed by atoms with Gasteiger partial charge in [-0.15, -0.1) is 11.3 Å². The molecule has 1 aliphatic carbocycles. The van der Waals surface area contributed by atoms with Crippen molar-refractivity contribution in [3.05, 3.63) is 74.6 Å². The van der Waals surface area contributed by atoms with Crippen LogP contribution in [0, 0.1) is 15.9 Å². The second-order valence-corrected chi connectivity index (χ2v) is 7.41. The summed E-state index contributed by atoms with van der Waals surface area (Å²) < 4.78 is 15.5. The molecule has 0 unspecified atom stereocenters. The van der Waals surface area contributed by atoms with Crippen LogP contribution in [0.2, 0.25) is 0 Å². The van der Waals surface area contributed by atoms with Gasteiger partial charge in [0.2, 0.25) is 0 Å². The Kier molecular flexibility index (Phi) is 4.85. The average Bonchev–Trinajstić information content (AvgIpc) is 3.32. The van der Waals surface area contributed by atoms with Gasteiger partial charge in [0.25, 0.3) is 5.69 Å². The Hall–Kier alpha value is -2.80. The molecule has 1 aromatic heterocycles. The molecule has 2 aromatic carbocycles. The van der Waals surface area contributed by atoms with Gasteiger partial charge >= 0.3 is 0 Å². The van der Waals surface area contributed by atoms with Gasteiger partial charge in [0, 0.05) is 17.5 Å². The van der Waals surface area contributed by atoms with Crippen LogP contribution in [0.3, 0.4) is 0 Å². The zero-order valence-corrected chi connectivity index (χ0v) is 15.4. The minimum absolute atomic E-state index is 0.00722. The van der Waals surface area contributed by atoms with Gasteiger partial charge in [-0.05, 0) is 48.7 Å². The van der Waals surface area contributed by atoms with E-state index >= 15 is 0 Å². The lowest BCUT2D eigenvalue weighted by Crippen LogP contribution is -2.20. The van der Waals surface area contributed by atoms with Crippen molar-refractivity contribution in [3.8, 4) is 11.3 Å². The summed E-state index contributed by atoms with van der Waals surface area (Å²) in [6.45, 7) is 0. The van der Waals surface area contributed by atoms with Gasteiger partial charge in [0.05, 0.1) is 10.6 Å². The third-order valence-electron chi connectivity index (χ3n) is 4.87. The topological polar surface area (TPSA) is 60.4 Å². The number of thiazole rings is 1. The number of hydrogen-bond donors (Lipinski definition) is 0. The number of nitro benzene ring substituents is 1. The SMILES string of the molecule is O=[N+]([O-])c1ccccc1N=c1scc(-c2ccc(F)cc2)n1C1CCCC1. The lowest BCUT2D eigenvalue weighted by atomic mass is 10.1.